The largest absolute Gasteiger partial charge is 0.368 e. The van der Waals surface area contributed by atoms with Crippen LogP contribution < -0.4 is 16.0 Å². The van der Waals surface area contributed by atoms with Crippen molar-refractivity contribution in [3.05, 3.63) is 0 Å². The van der Waals surface area contributed by atoms with Gasteiger partial charge in [-0.3, -0.25) is 9.59 Å². The molecule has 1 aliphatic rings. The van der Waals surface area contributed by atoms with Gasteiger partial charge in [-0.1, -0.05) is 0 Å². The lowest BCUT2D eigenvalue weighted by Crippen LogP contribution is -2.58. The molecule has 2 amide bonds. The van der Waals surface area contributed by atoms with Gasteiger partial charge in [0.2, 0.25) is 5.91 Å². The summed E-state index contributed by atoms with van der Waals surface area (Å²) in [6.07, 6.45) is 1.23. The van der Waals surface area contributed by atoms with Crippen molar-refractivity contribution in [2.45, 2.75) is 57.7 Å². The van der Waals surface area contributed by atoms with Crippen molar-refractivity contribution in [2.24, 2.45) is 0 Å². The van der Waals surface area contributed by atoms with Crippen LogP contribution in [0.4, 0.5) is 0 Å². The number of carbonyl (C=O) groups is 2. The van der Waals surface area contributed by atoms with Crippen LogP contribution in [0.1, 0.15) is 40.5 Å². The summed E-state index contributed by atoms with van der Waals surface area (Å²) in [7, 11) is 1.55. The molecule has 0 radical (unpaired) electrons. The van der Waals surface area contributed by atoms with Crippen LogP contribution in [0.5, 0.6) is 0 Å². The van der Waals surface area contributed by atoms with Gasteiger partial charge in [0.05, 0.1) is 0 Å². The highest BCUT2D eigenvalue weighted by atomic mass is 16.5. The van der Waals surface area contributed by atoms with Gasteiger partial charge in [-0.25, -0.2) is 0 Å². The zero-order valence-corrected chi connectivity index (χ0v) is 13.1. The predicted molar refractivity (Wildman–Crippen MR) is 77.3 cm³/mol. The molecule has 1 heterocycles. The van der Waals surface area contributed by atoms with Crippen LogP contribution in [0.15, 0.2) is 0 Å². The Hall–Kier alpha value is -1.14. The van der Waals surface area contributed by atoms with E-state index in [2.05, 4.69) is 16.0 Å². The van der Waals surface area contributed by atoms with Crippen molar-refractivity contribution >= 4 is 11.8 Å². The Morgan fingerprint density at radius 3 is 2.25 bits per heavy atom. The van der Waals surface area contributed by atoms with Gasteiger partial charge in [-0.05, 0) is 53.6 Å². The van der Waals surface area contributed by atoms with Crippen molar-refractivity contribution in [2.75, 3.05) is 20.2 Å². The van der Waals surface area contributed by atoms with E-state index in [1.54, 1.807) is 14.0 Å². The molecule has 3 N–H and O–H groups in total. The van der Waals surface area contributed by atoms with Crippen LogP contribution >= 0.6 is 0 Å². The summed E-state index contributed by atoms with van der Waals surface area (Å²) < 4.78 is 5.44. The van der Waals surface area contributed by atoms with Crippen LogP contribution in [-0.2, 0) is 14.3 Å². The molecular formula is C14H27N3O3. The molecular weight excluding hydrogens is 258 g/mol. The van der Waals surface area contributed by atoms with Crippen molar-refractivity contribution in [1.82, 2.24) is 16.0 Å². The second kappa shape index (κ2) is 6.54. The van der Waals surface area contributed by atoms with E-state index in [1.165, 1.54) is 0 Å². The average Bonchev–Trinajstić information content (AvgIpc) is 2.37. The van der Waals surface area contributed by atoms with E-state index < -0.39 is 11.6 Å². The fraction of sp³-hybridized carbons (Fsp3) is 0.857. The second-order valence-corrected chi connectivity index (χ2v) is 6.38. The normalized spacial score (nSPS) is 20.1. The fourth-order valence-electron chi connectivity index (χ4n) is 2.23. The number of methoxy groups -OCH3 is 1. The summed E-state index contributed by atoms with van der Waals surface area (Å²) in [6.45, 7) is 8.88. The molecule has 0 saturated carbocycles. The average molecular weight is 285 g/mol. The molecule has 1 saturated heterocycles. The summed E-state index contributed by atoms with van der Waals surface area (Å²) in [5.41, 5.74) is -1.13. The standard InChI is InChI=1S/C14H27N3O3/c1-10(11(18)17-13(2,3)4)16-12(19)14(20-5)6-8-15-9-7-14/h10,15H,6-9H2,1-5H3,(H,16,19)(H,17,18). The number of ether oxygens (including phenoxy) is 1. The Kier molecular flexibility index (Phi) is 5.53. The molecule has 6 heteroatoms. The highest BCUT2D eigenvalue weighted by molar-refractivity contribution is 5.91. The zero-order chi connectivity index (χ0) is 15.4. The lowest BCUT2D eigenvalue weighted by Gasteiger charge is -2.35. The van der Waals surface area contributed by atoms with E-state index in [4.69, 9.17) is 4.74 Å². The highest BCUT2D eigenvalue weighted by Crippen LogP contribution is 2.22. The maximum Gasteiger partial charge on any atom is 0.252 e. The Bertz CT molecular complexity index is 357. The van der Waals surface area contributed by atoms with Crippen molar-refractivity contribution in [1.29, 1.82) is 0 Å². The van der Waals surface area contributed by atoms with Crippen LogP contribution in [0.25, 0.3) is 0 Å². The van der Waals surface area contributed by atoms with Crippen LogP contribution in [0.3, 0.4) is 0 Å². The Morgan fingerprint density at radius 1 is 1.25 bits per heavy atom. The molecule has 6 nitrogen and oxygen atoms in total. The second-order valence-electron chi connectivity index (χ2n) is 6.38. The molecule has 0 aromatic rings. The SMILES string of the molecule is COC1(C(=O)NC(C)C(=O)NC(C)(C)C)CCNCC1. The van der Waals surface area contributed by atoms with Gasteiger partial charge in [-0.15, -0.1) is 0 Å². The van der Waals surface area contributed by atoms with Crippen LogP contribution in [-0.4, -0.2) is 49.2 Å². The quantitative estimate of drug-likeness (QED) is 0.688. The number of hydrogen-bond acceptors (Lipinski definition) is 4. The van der Waals surface area contributed by atoms with Gasteiger partial charge >= 0.3 is 0 Å². The summed E-state index contributed by atoms with van der Waals surface area (Å²) in [5.74, 6) is -0.399. The molecule has 0 spiro atoms. The predicted octanol–water partition coefficient (Wildman–Crippen LogP) is 0.174. The Labute approximate surface area is 121 Å². The lowest BCUT2D eigenvalue weighted by molar-refractivity contribution is -0.148. The maximum absolute atomic E-state index is 12.4. The summed E-state index contributed by atoms with van der Waals surface area (Å²) in [5, 5.41) is 8.81. The number of carbonyl (C=O) groups excluding carboxylic acids is 2. The van der Waals surface area contributed by atoms with Gasteiger partial charge in [0, 0.05) is 12.6 Å². The third-order valence-corrected chi connectivity index (χ3v) is 3.45. The molecule has 1 rings (SSSR count). The minimum Gasteiger partial charge on any atom is -0.368 e. The van der Waals surface area contributed by atoms with E-state index >= 15 is 0 Å². The molecule has 1 fully saturated rings. The molecule has 0 bridgehead atoms. The smallest absolute Gasteiger partial charge is 0.252 e. The summed E-state index contributed by atoms with van der Waals surface area (Å²) >= 11 is 0. The van der Waals surface area contributed by atoms with E-state index in [0.717, 1.165) is 13.1 Å². The van der Waals surface area contributed by atoms with Crippen LogP contribution in [0, 0.1) is 0 Å². The van der Waals surface area contributed by atoms with E-state index in [-0.39, 0.29) is 17.4 Å². The molecule has 0 aliphatic carbocycles. The molecule has 1 unspecified atom stereocenters. The van der Waals surface area contributed by atoms with Gasteiger partial charge in [0.1, 0.15) is 11.6 Å². The van der Waals surface area contributed by atoms with Crippen LogP contribution in [0.2, 0.25) is 0 Å². The molecule has 116 valence electrons. The summed E-state index contributed by atoms with van der Waals surface area (Å²) in [6, 6.07) is -0.580. The van der Waals surface area contributed by atoms with Crippen molar-refractivity contribution in [3.63, 3.8) is 0 Å². The topological polar surface area (TPSA) is 79.5 Å². The van der Waals surface area contributed by atoms with Gasteiger partial charge in [0.25, 0.3) is 5.91 Å². The number of nitrogens with one attached hydrogen (secondary N) is 3. The minimum absolute atomic E-state index is 0.189. The first kappa shape index (κ1) is 16.9. The third-order valence-electron chi connectivity index (χ3n) is 3.45. The molecule has 20 heavy (non-hydrogen) atoms. The van der Waals surface area contributed by atoms with Gasteiger partial charge in [-0.2, -0.15) is 0 Å². The van der Waals surface area contributed by atoms with E-state index in [9.17, 15) is 9.59 Å². The molecule has 0 aromatic heterocycles. The maximum atomic E-state index is 12.4. The lowest BCUT2D eigenvalue weighted by atomic mass is 9.91. The number of rotatable bonds is 4. The Balaban J connectivity index is 2.62. The van der Waals surface area contributed by atoms with Gasteiger partial charge < -0.3 is 20.7 Å². The Morgan fingerprint density at radius 2 is 1.80 bits per heavy atom. The summed E-state index contributed by atoms with van der Waals surface area (Å²) in [4.78, 5) is 24.4. The fourth-order valence-corrected chi connectivity index (χ4v) is 2.23. The van der Waals surface area contributed by atoms with Crippen molar-refractivity contribution < 1.29 is 14.3 Å². The molecule has 0 aromatic carbocycles. The number of piperidine rings is 1. The van der Waals surface area contributed by atoms with Gasteiger partial charge in [0.15, 0.2) is 0 Å². The van der Waals surface area contributed by atoms with E-state index in [1.807, 2.05) is 20.8 Å². The molecule has 1 aliphatic heterocycles. The van der Waals surface area contributed by atoms with Crippen molar-refractivity contribution in [3.8, 4) is 0 Å². The number of amides is 2. The first-order valence-corrected chi connectivity index (χ1v) is 7.09. The highest BCUT2D eigenvalue weighted by Gasteiger charge is 2.40. The first-order valence-electron chi connectivity index (χ1n) is 7.09. The number of hydrogen-bond donors (Lipinski definition) is 3. The monoisotopic (exact) mass is 285 g/mol. The van der Waals surface area contributed by atoms with E-state index in [0.29, 0.717) is 12.8 Å². The zero-order valence-electron chi connectivity index (χ0n) is 13.1. The third kappa shape index (κ3) is 4.45. The minimum atomic E-state index is -0.818. The molecule has 1 atom stereocenters. The first-order chi connectivity index (χ1) is 9.20.